The largest absolute Gasteiger partial charge is 0.381 e. The molecular weight excluding hydrogens is 246 g/mol. The van der Waals surface area contributed by atoms with Crippen molar-refractivity contribution in [2.24, 2.45) is 0 Å². The lowest BCUT2D eigenvalue weighted by atomic mass is 10.2. The van der Waals surface area contributed by atoms with Gasteiger partial charge in [0.25, 0.3) is 0 Å². The molecule has 18 heavy (non-hydrogen) atoms. The summed E-state index contributed by atoms with van der Waals surface area (Å²) < 4.78 is 1.98. The molecule has 0 unspecified atom stereocenters. The minimum atomic E-state index is 0.772. The molecular formula is C14H18ClN3. The molecule has 3 nitrogen and oxygen atoms in total. The quantitative estimate of drug-likeness (QED) is 0.888. The van der Waals surface area contributed by atoms with E-state index in [9.17, 15) is 0 Å². The zero-order valence-electron chi connectivity index (χ0n) is 10.8. The first-order valence-electron chi connectivity index (χ1n) is 6.20. The fraction of sp³-hybridized carbons (Fsp3) is 0.357. The van der Waals surface area contributed by atoms with E-state index in [0.29, 0.717) is 0 Å². The summed E-state index contributed by atoms with van der Waals surface area (Å²) in [6, 6.07) is 5.87. The van der Waals surface area contributed by atoms with Crippen LogP contribution in [0.4, 0.5) is 5.69 Å². The van der Waals surface area contributed by atoms with Crippen LogP contribution in [0, 0.1) is 6.92 Å². The van der Waals surface area contributed by atoms with Crippen LogP contribution in [0.1, 0.15) is 24.5 Å². The molecule has 1 aromatic carbocycles. The Labute approximate surface area is 113 Å². The third-order valence-corrected chi connectivity index (χ3v) is 3.05. The fourth-order valence-corrected chi connectivity index (χ4v) is 2.10. The molecule has 2 aromatic rings. The SMILES string of the molecule is CCCn1cc(CNc2ccc(Cl)cc2C)cn1. The van der Waals surface area contributed by atoms with Crippen molar-refractivity contribution in [3.63, 3.8) is 0 Å². The van der Waals surface area contributed by atoms with E-state index < -0.39 is 0 Å². The second-order valence-electron chi connectivity index (χ2n) is 4.42. The first-order chi connectivity index (χ1) is 8.69. The van der Waals surface area contributed by atoms with Gasteiger partial charge in [0.15, 0.2) is 0 Å². The lowest BCUT2D eigenvalue weighted by molar-refractivity contribution is 0.602. The minimum Gasteiger partial charge on any atom is -0.381 e. The van der Waals surface area contributed by atoms with E-state index in [2.05, 4.69) is 30.5 Å². The van der Waals surface area contributed by atoms with Crippen molar-refractivity contribution in [3.05, 3.63) is 46.7 Å². The summed E-state index contributed by atoms with van der Waals surface area (Å²) in [5, 5.41) is 8.48. The van der Waals surface area contributed by atoms with Crippen LogP contribution in [0.5, 0.6) is 0 Å². The van der Waals surface area contributed by atoms with Gasteiger partial charge in [-0.3, -0.25) is 4.68 Å². The van der Waals surface area contributed by atoms with Crippen LogP contribution in [0.25, 0.3) is 0 Å². The predicted octanol–water partition coefficient (Wildman–Crippen LogP) is 3.87. The molecule has 0 aliphatic rings. The maximum absolute atomic E-state index is 5.93. The molecule has 0 saturated carbocycles. The number of aromatic nitrogens is 2. The highest BCUT2D eigenvalue weighted by Crippen LogP contribution is 2.20. The van der Waals surface area contributed by atoms with Crippen molar-refractivity contribution in [2.75, 3.05) is 5.32 Å². The molecule has 0 amide bonds. The average molecular weight is 264 g/mol. The molecule has 1 N–H and O–H groups in total. The number of hydrogen-bond acceptors (Lipinski definition) is 2. The van der Waals surface area contributed by atoms with Gasteiger partial charge in [0.1, 0.15) is 0 Å². The van der Waals surface area contributed by atoms with Crippen molar-refractivity contribution >= 4 is 17.3 Å². The van der Waals surface area contributed by atoms with E-state index in [1.54, 1.807) is 0 Å². The summed E-state index contributed by atoms with van der Waals surface area (Å²) >= 11 is 5.93. The number of halogens is 1. The average Bonchev–Trinajstić information content (AvgIpc) is 2.76. The lowest BCUT2D eigenvalue weighted by Crippen LogP contribution is -2.00. The lowest BCUT2D eigenvalue weighted by Gasteiger charge is -2.08. The molecule has 0 aliphatic heterocycles. The Kier molecular flexibility index (Phi) is 4.26. The van der Waals surface area contributed by atoms with Crippen LogP contribution in [-0.4, -0.2) is 9.78 Å². The highest BCUT2D eigenvalue weighted by atomic mass is 35.5. The van der Waals surface area contributed by atoms with Crippen LogP contribution >= 0.6 is 11.6 Å². The standard InChI is InChI=1S/C14H18ClN3/c1-3-6-18-10-12(9-17-18)8-16-14-5-4-13(15)7-11(14)2/h4-5,7,9-10,16H,3,6,8H2,1-2H3. The van der Waals surface area contributed by atoms with Gasteiger partial charge in [-0.1, -0.05) is 18.5 Å². The maximum atomic E-state index is 5.93. The number of benzene rings is 1. The smallest absolute Gasteiger partial charge is 0.0539 e. The van der Waals surface area contributed by atoms with Gasteiger partial charge >= 0.3 is 0 Å². The van der Waals surface area contributed by atoms with Crippen molar-refractivity contribution in [2.45, 2.75) is 33.4 Å². The normalized spacial score (nSPS) is 10.6. The van der Waals surface area contributed by atoms with Crippen molar-refractivity contribution in [3.8, 4) is 0 Å². The van der Waals surface area contributed by atoms with E-state index in [1.165, 1.54) is 5.56 Å². The molecule has 0 saturated heterocycles. The number of rotatable bonds is 5. The number of nitrogens with one attached hydrogen (secondary N) is 1. The number of anilines is 1. The van der Waals surface area contributed by atoms with Gasteiger partial charge in [-0.05, 0) is 37.1 Å². The van der Waals surface area contributed by atoms with Gasteiger partial charge in [0.2, 0.25) is 0 Å². The Bertz CT molecular complexity index is 520. The van der Waals surface area contributed by atoms with Gasteiger partial charge in [0, 0.05) is 35.6 Å². The van der Waals surface area contributed by atoms with Gasteiger partial charge in [-0.25, -0.2) is 0 Å². The second kappa shape index (κ2) is 5.91. The van der Waals surface area contributed by atoms with E-state index in [-0.39, 0.29) is 0 Å². The minimum absolute atomic E-state index is 0.772. The Morgan fingerprint density at radius 3 is 2.94 bits per heavy atom. The Morgan fingerprint density at radius 2 is 2.22 bits per heavy atom. The monoisotopic (exact) mass is 263 g/mol. The van der Waals surface area contributed by atoms with E-state index in [0.717, 1.165) is 35.8 Å². The summed E-state index contributed by atoms with van der Waals surface area (Å²) in [7, 11) is 0. The molecule has 0 fully saturated rings. The first-order valence-corrected chi connectivity index (χ1v) is 6.58. The van der Waals surface area contributed by atoms with Crippen LogP contribution < -0.4 is 5.32 Å². The van der Waals surface area contributed by atoms with Crippen molar-refractivity contribution in [1.29, 1.82) is 0 Å². The Hall–Kier alpha value is -1.48. The molecule has 96 valence electrons. The second-order valence-corrected chi connectivity index (χ2v) is 4.86. The van der Waals surface area contributed by atoms with Crippen LogP contribution in [0.15, 0.2) is 30.6 Å². The van der Waals surface area contributed by atoms with E-state index >= 15 is 0 Å². The Balaban J connectivity index is 1.97. The Morgan fingerprint density at radius 1 is 1.39 bits per heavy atom. The summed E-state index contributed by atoms with van der Waals surface area (Å²) in [4.78, 5) is 0. The summed E-state index contributed by atoms with van der Waals surface area (Å²) in [6.07, 6.45) is 5.10. The summed E-state index contributed by atoms with van der Waals surface area (Å²) in [5.74, 6) is 0. The van der Waals surface area contributed by atoms with Gasteiger partial charge in [0.05, 0.1) is 6.20 Å². The van der Waals surface area contributed by atoms with Gasteiger partial charge in [-0.15, -0.1) is 0 Å². The zero-order chi connectivity index (χ0) is 13.0. The summed E-state index contributed by atoms with van der Waals surface area (Å²) in [5.41, 5.74) is 3.46. The summed E-state index contributed by atoms with van der Waals surface area (Å²) in [6.45, 7) is 5.96. The molecule has 1 heterocycles. The molecule has 0 bridgehead atoms. The topological polar surface area (TPSA) is 29.9 Å². The zero-order valence-corrected chi connectivity index (χ0v) is 11.5. The third kappa shape index (κ3) is 3.26. The predicted molar refractivity (Wildman–Crippen MR) is 76.0 cm³/mol. The van der Waals surface area contributed by atoms with E-state index in [4.69, 9.17) is 11.6 Å². The van der Waals surface area contributed by atoms with Crippen LogP contribution in [0.3, 0.4) is 0 Å². The molecule has 2 rings (SSSR count). The number of aryl methyl sites for hydroxylation is 2. The third-order valence-electron chi connectivity index (χ3n) is 2.81. The maximum Gasteiger partial charge on any atom is 0.0539 e. The number of hydrogen-bond donors (Lipinski definition) is 1. The van der Waals surface area contributed by atoms with Crippen molar-refractivity contribution < 1.29 is 0 Å². The highest BCUT2D eigenvalue weighted by molar-refractivity contribution is 6.30. The van der Waals surface area contributed by atoms with Gasteiger partial charge < -0.3 is 5.32 Å². The number of nitrogens with zero attached hydrogens (tertiary/aromatic N) is 2. The molecule has 0 aliphatic carbocycles. The molecule has 0 spiro atoms. The first kappa shape index (κ1) is 13.0. The molecule has 0 atom stereocenters. The van der Waals surface area contributed by atoms with Crippen molar-refractivity contribution in [1.82, 2.24) is 9.78 Å². The molecule has 1 aromatic heterocycles. The fourth-order valence-electron chi connectivity index (χ4n) is 1.87. The molecule has 0 radical (unpaired) electrons. The highest BCUT2D eigenvalue weighted by Gasteiger charge is 2.01. The van der Waals surface area contributed by atoms with E-state index in [1.807, 2.05) is 29.1 Å². The molecule has 4 heteroatoms. The van der Waals surface area contributed by atoms with Crippen LogP contribution in [0.2, 0.25) is 5.02 Å². The van der Waals surface area contributed by atoms with Crippen LogP contribution in [-0.2, 0) is 13.1 Å². The van der Waals surface area contributed by atoms with Gasteiger partial charge in [-0.2, -0.15) is 5.10 Å².